The number of rotatable bonds is 7. The number of halogens is 1. The smallest absolute Gasteiger partial charge is 0.234 e. The number of benzene rings is 2. The molecule has 1 N–H and O–H groups in total. The van der Waals surface area contributed by atoms with Gasteiger partial charge in [-0.2, -0.15) is 0 Å². The number of ether oxygens (including phenoxy) is 2. The maximum atomic E-state index is 13.1. The minimum Gasteiger partial charge on any atom is -0.493 e. The van der Waals surface area contributed by atoms with Crippen LogP contribution in [0.3, 0.4) is 0 Å². The molecule has 0 aromatic heterocycles. The van der Waals surface area contributed by atoms with Gasteiger partial charge in [0, 0.05) is 38.4 Å². The average Bonchev–Trinajstić information content (AvgIpc) is 2.98. The van der Waals surface area contributed by atoms with E-state index in [1.165, 1.54) is 12.1 Å². The summed E-state index contributed by atoms with van der Waals surface area (Å²) in [6, 6.07) is 12.2. The second-order valence-corrected chi connectivity index (χ2v) is 7.06. The van der Waals surface area contributed by atoms with Gasteiger partial charge in [-0.3, -0.25) is 9.69 Å². The quantitative estimate of drug-likeness (QED) is 0.773. The van der Waals surface area contributed by atoms with E-state index in [0.717, 1.165) is 43.9 Å². The van der Waals surface area contributed by atoms with Gasteiger partial charge in [0.2, 0.25) is 5.91 Å². The van der Waals surface area contributed by atoms with E-state index in [2.05, 4.69) is 15.1 Å². The minimum absolute atomic E-state index is 0.00461. The lowest BCUT2D eigenvalue weighted by atomic mass is 10.2. The number of hydrogen-bond donors (Lipinski definition) is 1. The summed E-state index contributed by atoms with van der Waals surface area (Å²) < 4.78 is 23.7. The summed E-state index contributed by atoms with van der Waals surface area (Å²) in [7, 11) is 3.19. The zero-order valence-corrected chi connectivity index (χ0v) is 17.0. The Labute approximate surface area is 171 Å². The van der Waals surface area contributed by atoms with Gasteiger partial charge in [-0.25, -0.2) is 4.39 Å². The van der Waals surface area contributed by atoms with Gasteiger partial charge in [0.15, 0.2) is 11.5 Å². The lowest BCUT2D eigenvalue weighted by Gasteiger charge is -2.23. The van der Waals surface area contributed by atoms with E-state index < -0.39 is 0 Å². The van der Waals surface area contributed by atoms with E-state index in [-0.39, 0.29) is 11.7 Å². The fraction of sp³-hybridized carbons (Fsp3) is 0.409. The first-order chi connectivity index (χ1) is 14.1. The maximum Gasteiger partial charge on any atom is 0.234 e. The number of methoxy groups -OCH3 is 2. The van der Waals surface area contributed by atoms with Gasteiger partial charge in [-0.1, -0.05) is 6.07 Å². The van der Waals surface area contributed by atoms with Gasteiger partial charge in [0.1, 0.15) is 5.82 Å². The van der Waals surface area contributed by atoms with Gasteiger partial charge in [-0.15, -0.1) is 0 Å². The van der Waals surface area contributed by atoms with Crippen LogP contribution in [0.5, 0.6) is 11.5 Å². The van der Waals surface area contributed by atoms with Gasteiger partial charge in [0.05, 0.1) is 20.8 Å². The number of anilines is 1. The third-order valence-corrected chi connectivity index (χ3v) is 5.09. The molecule has 2 aromatic rings. The molecule has 0 bridgehead atoms. The van der Waals surface area contributed by atoms with Crippen LogP contribution in [0.2, 0.25) is 0 Å². The van der Waals surface area contributed by atoms with Crippen LogP contribution in [0.25, 0.3) is 0 Å². The molecular weight excluding hydrogens is 373 g/mol. The van der Waals surface area contributed by atoms with Gasteiger partial charge >= 0.3 is 0 Å². The topological polar surface area (TPSA) is 54.0 Å². The summed E-state index contributed by atoms with van der Waals surface area (Å²) in [6.45, 7) is 4.17. The number of amides is 1. The zero-order valence-electron chi connectivity index (χ0n) is 17.0. The summed E-state index contributed by atoms with van der Waals surface area (Å²) in [5, 5.41) is 2.97. The predicted molar refractivity (Wildman–Crippen MR) is 111 cm³/mol. The molecule has 29 heavy (non-hydrogen) atoms. The van der Waals surface area contributed by atoms with Crippen LogP contribution in [0.15, 0.2) is 42.5 Å². The Hall–Kier alpha value is -2.80. The molecule has 6 nitrogen and oxygen atoms in total. The van der Waals surface area contributed by atoms with Crippen molar-refractivity contribution < 1.29 is 18.7 Å². The van der Waals surface area contributed by atoms with Crippen molar-refractivity contribution in [1.82, 2.24) is 10.2 Å². The molecule has 3 rings (SSSR count). The van der Waals surface area contributed by atoms with E-state index in [1.54, 1.807) is 26.4 Å². The molecule has 7 heteroatoms. The highest BCUT2D eigenvalue weighted by Crippen LogP contribution is 2.27. The van der Waals surface area contributed by atoms with E-state index in [0.29, 0.717) is 24.6 Å². The third kappa shape index (κ3) is 5.84. The molecular formula is C22H28FN3O3. The second-order valence-electron chi connectivity index (χ2n) is 7.06. The SMILES string of the molecule is COc1ccc(CNC(=O)CN2CCCN(c3ccc(F)cc3)CC2)cc1OC. The first-order valence-electron chi connectivity index (χ1n) is 9.79. The van der Waals surface area contributed by atoms with Crippen LogP contribution in [-0.2, 0) is 11.3 Å². The first kappa shape index (κ1) is 20.9. The second kappa shape index (κ2) is 10.1. The molecule has 0 spiro atoms. The normalized spacial score (nSPS) is 14.9. The molecule has 0 unspecified atom stereocenters. The Kier molecular flexibility index (Phi) is 7.30. The largest absolute Gasteiger partial charge is 0.493 e. The lowest BCUT2D eigenvalue weighted by molar-refractivity contribution is -0.122. The van der Waals surface area contributed by atoms with Crippen LogP contribution in [-0.4, -0.2) is 57.8 Å². The van der Waals surface area contributed by atoms with Crippen molar-refractivity contribution in [3.05, 3.63) is 53.8 Å². The van der Waals surface area contributed by atoms with Crippen molar-refractivity contribution in [2.45, 2.75) is 13.0 Å². The first-order valence-corrected chi connectivity index (χ1v) is 9.79. The Morgan fingerprint density at radius 3 is 2.48 bits per heavy atom. The Morgan fingerprint density at radius 1 is 1.00 bits per heavy atom. The minimum atomic E-state index is -0.226. The molecule has 1 fully saturated rings. The molecule has 1 aliphatic heterocycles. The summed E-state index contributed by atoms with van der Waals surface area (Å²) in [4.78, 5) is 16.8. The van der Waals surface area contributed by atoms with E-state index in [9.17, 15) is 9.18 Å². The standard InChI is InChI=1S/C22H28FN3O3/c1-28-20-9-4-17(14-21(20)29-2)15-24-22(27)16-25-10-3-11-26(13-12-25)19-7-5-18(23)6-8-19/h4-9,14H,3,10-13,15-16H2,1-2H3,(H,24,27). The van der Waals surface area contributed by atoms with E-state index in [4.69, 9.17) is 9.47 Å². The molecule has 0 radical (unpaired) electrons. The summed E-state index contributed by atoms with van der Waals surface area (Å²) in [5.41, 5.74) is 1.97. The van der Waals surface area contributed by atoms with Gasteiger partial charge in [0.25, 0.3) is 0 Å². The van der Waals surface area contributed by atoms with Crippen LogP contribution in [0.1, 0.15) is 12.0 Å². The highest BCUT2D eigenvalue weighted by Gasteiger charge is 2.17. The number of nitrogens with one attached hydrogen (secondary N) is 1. The molecule has 1 saturated heterocycles. The summed E-state index contributed by atoms with van der Waals surface area (Å²) in [6.07, 6.45) is 0.959. The average molecular weight is 401 g/mol. The number of nitrogens with zero attached hydrogens (tertiary/aromatic N) is 2. The van der Waals surface area contributed by atoms with Crippen molar-refractivity contribution in [3.63, 3.8) is 0 Å². The fourth-order valence-corrected chi connectivity index (χ4v) is 3.49. The van der Waals surface area contributed by atoms with Crippen LogP contribution < -0.4 is 19.7 Å². The highest BCUT2D eigenvalue weighted by atomic mass is 19.1. The molecule has 1 heterocycles. The van der Waals surface area contributed by atoms with E-state index in [1.807, 2.05) is 18.2 Å². The number of carbonyl (C=O) groups excluding carboxylic acids is 1. The molecule has 0 atom stereocenters. The molecule has 2 aromatic carbocycles. The molecule has 1 amide bonds. The van der Waals surface area contributed by atoms with Crippen molar-refractivity contribution in [2.75, 3.05) is 51.8 Å². The van der Waals surface area contributed by atoms with E-state index >= 15 is 0 Å². The van der Waals surface area contributed by atoms with Crippen molar-refractivity contribution >= 4 is 11.6 Å². The Balaban J connectivity index is 1.47. The Bertz CT molecular complexity index is 813. The van der Waals surface area contributed by atoms with Gasteiger partial charge in [-0.05, 0) is 48.4 Å². The monoisotopic (exact) mass is 401 g/mol. The molecule has 0 saturated carbocycles. The third-order valence-electron chi connectivity index (χ3n) is 5.09. The summed E-state index contributed by atoms with van der Waals surface area (Å²) in [5.74, 6) is 1.08. The predicted octanol–water partition coefficient (Wildman–Crippen LogP) is 2.67. The summed E-state index contributed by atoms with van der Waals surface area (Å²) >= 11 is 0. The number of carbonyl (C=O) groups is 1. The molecule has 1 aliphatic rings. The molecule has 156 valence electrons. The van der Waals surface area contributed by atoms with Crippen LogP contribution in [0, 0.1) is 5.82 Å². The maximum absolute atomic E-state index is 13.1. The van der Waals surface area contributed by atoms with Crippen LogP contribution in [0.4, 0.5) is 10.1 Å². The zero-order chi connectivity index (χ0) is 20.6. The van der Waals surface area contributed by atoms with Crippen molar-refractivity contribution in [3.8, 4) is 11.5 Å². The lowest BCUT2D eigenvalue weighted by Crippen LogP contribution is -2.39. The fourth-order valence-electron chi connectivity index (χ4n) is 3.49. The van der Waals surface area contributed by atoms with Crippen molar-refractivity contribution in [1.29, 1.82) is 0 Å². The Morgan fingerprint density at radius 2 is 1.76 bits per heavy atom. The highest BCUT2D eigenvalue weighted by molar-refractivity contribution is 5.78. The van der Waals surface area contributed by atoms with Gasteiger partial charge < -0.3 is 19.7 Å². The van der Waals surface area contributed by atoms with Crippen molar-refractivity contribution in [2.24, 2.45) is 0 Å². The van der Waals surface area contributed by atoms with Crippen LogP contribution >= 0.6 is 0 Å². The number of hydrogen-bond acceptors (Lipinski definition) is 5. The molecule has 0 aliphatic carbocycles.